The molecular weight excluding hydrogens is 242 g/mol. The molecule has 0 saturated carbocycles. The Hall–Kier alpha value is -2.10. The fraction of sp³-hybridized carbons (Fsp3) is 0.333. The molecule has 2 aromatic rings. The lowest BCUT2D eigenvalue weighted by Gasteiger charge is -2.06. The van der Waals surface area contributed by atoms with Crippen molar-refractivity contribution in [3.05, 3.63) is 35.5 Å². The van der Waals surface area contributed by atoms with E-state index in [9.17, 15) is 14.7 Å². The number of para-hydroxylation sites is 1. The molecule has 0 saturated heterocycles. The summed E-state index contributed by atoms with van der Waals surface area (Å²) in [7, 11) is 0. The van der Waals surface area contributed by atoms with E-state index in [2.05, 4.69) is 6.92 Å². The van der Waals surface area contributed by atoms with E-state index in [1.807, 2.05) is 4.57 Å². The Bertz CT molecular complexity index is 640. The van der Waals surface area contributed by atoms with Crippen LogP contribution in [0.15, 0.2) is 24.4 Å². The summed E-state index contributed by atoms with van der Waals surface area (Å²) in [4.78, 5) is 23.0. The summed E-state index contributed by atoms with van der Waals surface area (Å²) in [6.45, 7) is 4.31. The number of ketones is 1. The standard InChI is InChI=1S/C15H17NO3/c1-3-4-8-16-9-13(10(2)17)11-6-5-7-12(14(11)16)15(18)19/h5-7,9H,3-4,8H2,1-2H3,(H,18,19). The van der Waals surface area contributed by atoms with Gasteiger partial charge in [-0.2, -0.15) is 0 Å². The van der Waals surface area contributed by atoms with Gasteiger partial charge in [-0.15, -0.1) is 0 Å². The molecule has 19 heavy (non-hydrogen) atoms. The highest BCUT2D eigenvalue weighted by Crippen LogP contribution is 2.26. The van der Waals surface area contributed by atoms with E-state index in [0.29, 0.717) is 11.1 Å². The first kappa shape index (κ1) is 13.3. The van der Waals surface area contributed by atoms with Crippen molar-refractivity contribution in [2.75, 3.05) is 0 Å². The minimum Gasteiger partial charge on any atom is -0.478 e. The van der Waals surface area contributed by atoms with E-state index in [4.69, 9.17) is 0 Å². The van der Waals surface area contributed by atoms with Gasteiger partial charge in [0.1, 0.15) is 0 Å². The minimum absolute atomic E-state index is 0.0391. The van der Waals surface area contributed by atoms with Crippen LogP contribution < -0.4 is 0 Å². The fourth-order valence-corrected chi connectivity index (χ4v) is 2.32. The summed E-state index contributed by atoms with van der Waals surface area (Å²) >= 11 is 0. The van der Waals surface area contributed by atoms with Crippen molar-refractivity contribution in [3.63, 3.8) is 0 Å². The van der Waals surface area contributed by atoms with Gasteiger partial charge in [0.05, 0.1) is 11.1 Å². The second-order valence-electron chi connectivity index (χ2n) is 4.65. The summed E-state index contributed by atoms with van der Waals surface area (Å²) in [6.07, 6.45) is 3.74. The molecule has 0 bridgehead atoms. The Morgan fingerprint density at radius 1 is 1.26 bits per heavy atom. The SMILES string of the molecule is CCCCn1cc(C(C)=O)c2cccc(C(=O)O)c21. The maximum atomic E-state index is 11.7. The topological polar surface area (TPSA) is 59.3 Å². The number of carboxylic acid groups (broad SMARTS) is 1. The Morgan fingerprint density at radius 2 is 2.00 bits per heavy atom. The van der Waals surface area contributed by atoms with E-state index >= 15 is 0 Å². The number of fused-ring (bicyclic) bond motifs is 1. The van der Waals surface area contributed by atoms with E-state index < -0.39 is 5.97 Å². The number of hydrogen-bond acceptors (Lipinski definition) is 2. The summed E-state index contributed by atoms with van der Waals surface area (Å²) < 4.78 is 1.89. The molecule has 0 aliphatic heterocycles. The molecular formula is C15H17NO3. The second kappa shape index (κ2) is 5.26. The third-order valence-electron chi connectivity index (χ3n) is 3.26. The van der Waals surface area contributed by atoms with Crippen molar-refractivity contribution < 1.29 is 14.7 Å². The summed E-state index contributed by atoms with van der Waals surface area (Å²) in [6, 6.07) is 5.07. The molecule has 1 heterocycles. The molecule has 0 aliphatic rings. The monoisotopic (exact) mass is 259 g/mol. The zero-order valence-corrected chi connectivity index (χ0v) is 11.1. The van der Waals surface area contributed by atoms with E-state index in [1.54, 1.807) is 24.4 Å². The predicted octanol–water partition coefficient (Wildman–Crippen LogP) is 3.34. The molecule has 0 fully saturated rings. The number of nitrogens with zero attached hydrogens (tertiary/aromatic N) is 1. The van der Waals surface area contributed by atoms with Gasteiger partial charge in [0, 0.05) is 23.7 Å². The number of hydrogen-bond donors (Lipinski definition) is 1. The minimum atomic E-state index is -0.962. The molecule has 0 amide bonds. The third kappa shape index (κ3) is 2.38. The van der Waals surface area contributed by atoms with Gasteiger partial charge < -0.3 is 9.67 Å². The number of aromatic nitrogens is 1. The Kier molecular flexibility index (Phi) is 3.69. The lowest BCUT2D eigenvalue weighted by molar-refractivity contribution is 0.0698. The number of aryl methyl sites for hydroxylation is 1. The number of carbonyl (C=O) groups is 2. The molecule has 1 N–H and O–H groups in total. The first-order chi connectivity index (χ1) is 9.06. The molecule has 4 heteroatoms. The van der Waals surface area contributed by atoms with Crippen LogP contribution in [-0.2, 0) is 6.54 Å². The van der Waals surface area contributed by atoms with Crippen LogP contribution in [0.1, 0.15) is 47.4 Å². The highest BCUT2D eigenvalue weighted by atomic mass is 16.4. The zero-order chi connectivity index (χ0) is 14.0. The number of carbonyl (C=O) groups excluding carboxylic acids is 1. The highest BCUT2D eigenvalue weighted by molar-refractivity contribution is 6.11. The molecule has 1 aromatic carbocycles. The molecule has 0 aliphatic carbocycles. The lowest BCUT2D eigenvalue weighted by Crippen LogP contribution is -2.03. The number of Topliss-reactive ketones (excluding diaryl/α,β-unsaturated/α-hetero) is 1. The van der Waals surface area contributed by atoms with Gasteiger partial charge in [-0.25, -0.2) is 4.79 Å². The van der Waals surface area contributed by atoms with Gasteiger partial charge in [0.15, 0.2) is 5.78 Å². The second-order valence-corrected chi connectivity index (χ2v) is 4.65. The number of aromatic carboxylic acids is 1. The van der Waals surface area contributed by atoms with Crippen LogP contribution in [0.5, 0.6) is 0 Å². The van der Waals surface area contributed by atoms with Gasteiger partial charge in [-0.3, -0.25) is 4.79 Å². The van der Waals surface area contributed by atoms with Crippen LogP contribution in [0.2, 0.25) is 0 Å². The number of benzene rings is 1. The molecule has 0 radical (unpaired) electrons. The molecule has 2 rings (SSSR count). The molecule has 1 aromatic heterocycles. The van der Waals surface area contributed by atoms with Crippen molar-refractivity contribution in [1.82, 2.24) is 4.57 Å². The first-order valence-electron chi connectivity index (χ1n) is 6.42. The molecule has 0 atom stereocenters. The smallest absolute Gasteiger partial charge is 0.337 e. The Balaban J connectivity index is 2.72. The van der Waals surface area contributed by atoms with Gasteiger partial charge in [-0.1, -0.05) is 25.5 Å². The van der Waals surface area contributed by atoms with Crippen molar-refractivity contribution in [3.8, 4) is 0 Å². The van der Waals surface area contributed by atoms with Crippen LogP contribution in [-0.4, -0.2) is 21.4 Å². The van der Waals surface area contributed by atoms with Crippen molar-refractivity contribution in [2.24, 2.45) is 0 Å². The lowest BCUT2D eigenvalue weighted by atomic mass is 10.1. The average molecular weight is 259 g/mol. The van der Waals surface area contributed by atoms with Gasteiger partial charge in [-0.05, 0) is 19.4 Å². The summed E-state index contributed by atoms with van der Waals surface area (Å²) in [5, 5.41) is 10.0. The van der Waals surface area contributed by atoms with Crippen molar-refractivity contribution in [2.45, 2.75) is 33.2 Å². The van der Waals surface area contributed by atoms with Crippen LogP contribution in [0.4, 0.5) is 0 Å². The maximum absolute atomic E-state index is 11.7. The fourth-order valence-electron chi connectivity index (χ4n) is 2.32. The third-order valence-corrected chi connectivity index (χ3v) is 3.26. The largest absolute Gasteiger partial charge is 0.478 e. The van der Waals surface area contributed by atoms with Gasteiger partial charge in [0.25, 0.3) is 0 Å². The molecule has 0 spiro atoms. The number of carboxylic acids is 1. The molecule has 0 unspecified atom stereocenters. The first-order valence-corrected chi connectivity index (χ1v) is 6.42. The predicted molar refractivity (Wildman–Crippen MR) is 73.8 cm³/mol. The van der Waals surface area contributed by atoms with Crippen molar-refractivity contribution >= 4 is 22.7 Å². The molecule has 4 nitrogen and oxygen atoms in total. The van der Waals surface area contributed by atoms with Crippen LogP contribution in [0.3, 0.4) is 0 Å². The van der Waals surface area contributed by atoms with Gasteiger partial charge >= 0.3 is 5.97 Å². The van der Waals surface area contributed by atoms with Crippen LogP contribution in [0, 0.1) is 0 Å². The van der Waals surface area contributed by atoms with Crippen LogP contribution in [0.25, 0.3) is 10.9 Å². The quantitative estimate of drug-likeness (QED) is 0.838. The summed E-state index contributed by atoms with van der Waals surface area (Å²) in [5.41, 5.74) is 1.49. The number of rotatable bonds is 5. The summed E-state index contributed by atoms with van der Waals surface area (Å²) in [5.74, 6) is -1.00. The maximum Gasteiger partial charge on any atom is 0.337 e. The highest BCUT2D eigenvalue weighted by Gasteiger charge is 2.17. The van der Waals surface area contributed by atoms with Crippen LogP contribution >= 0.6 is 0 Å². The van der Waals surface area contributed by atoms with Gasteiger partial charge in [0.2, 0.25) is 0 Å². The Labute approximate surface area is 111 Å². The Morgan fingerprint density at radius 3 is 2.58 bits per heavy atom. The normalized spacial score (nSPS) is 10.8. The average Bonchev–Trinajstić information content (AvgIpc) is 2.75. The number of unbranched alkanes of at least 4 members (excludes halogenated alkanes) is 1. The van der Waals surface area contributed by atoms with E-state index in [1.165, 1.54) is 6.92 Å². The molecule has 100 valence electrons. The zero-order valence-electron chi connectivity index (χ0n) is 11.1. The van der Waals surface area contributed by atoms with E-state index in [-0.39, 0.29) is 11.3 Å². The van der Waals surface area contributed by atoms with Crippen molar-refractivity contribution in [1.29, 1.82) is 0 Å². The van der Waals surface area contributed by atoms with E-state index in [0.717, 1.165) is 24.8 Å².